The molecule has 5 rings (SSSR count). The molecule has 6 nitrogen and oxygen atoms in total. The molecule has 0 aliphatic carbocycles. The molecule has 7 heteroatoms. The number of piperidine rings is 1. The Labute approximate surface area is 161 Å². The number of hydrogen-bond acceptors (Lipinski definition) is 5. The highest BCUT2D eigenvalue weighted by molar-refractivity contribution is 7.99. The summed E-state index contributed by atoms with van der Waals surface area (Å²) in [6, 6.07) is 10.1. The van der Waals surface area contributed by atoms with Crippen LogP contribution in [0, 0.1) is 6.92 Å². The molecule has 2 atom stereocenters. The monoisotopic (exact) mass is 380 g/mol. The summed E-state index contributed by atoms with van der Waals surface area (Å²) in [5.74, 6) is 2.36. The Balaban J connectivity index is 1.40. The molecule has 3 aromatic rings. The number of carbonyl (C=O) groups excluding carboxylic acids is 1. The molecule has 0 spiro atoms. The SMILES string of the molecule is Cc1c[nH]c(-c2nc([C@H]3CC[C@H]4CSc5ccccc5C(=O)N4C3)no2)c1. The van der Waals surface area contributed by atoms with E-state index in [2.05, 4.69) is 15.1 Å². The van der Waals surface area contributed by atoms with E-state index in [9.17, 15) is 4.79 Å². The number of aromatic nitrogens is 3. The molecule has 0 bridgehead atoms. The Morgan fingerprint density at radius 3 is 3.04 bits per heavy atom. The second kappa shape index (κ2) is 6.56. The number of thioether (sulfide) groups is 1. The Morgan fingerprint density at radius 2 is 2.19 bits per heavy atom. The van der Waals surface area contributed by atoms with Crippen molar-refractivity contribution >= 4 is 17.7 Å². The van der Waals surface area contributed by atoms with Crippen molar-refractivity contribution in [3.63, 3.8) is 0 Å². The van der Waals surface area contributed by atoms with Crippen LogP contribution in [0.25, 0.3) is 11.6 Å². The van der Waals surface area contributed by atoms with Crippen LogP contribution in [0.15, 0.2) is 45.9 Å². The molecule has 1 amide bonds. The van der Waals surface area contributed by atoms with Crippen LogP contribution in [0.1, 0.15) is 40.5 Å². The highest BCUT2D eigenvalue weighted by atomic mass is 32.2. The number of rotatable bonds is 2. The molecule has 2 aromatic heterocycles. The van der Waals surface area contributed by atoms with E-state index in [-0.39, 0.29) is 17.9 Å². The minimum atomic E-state index is 0.106. The number of amides is 1. The van der Waals surface area contributed by atoms with Crippen LogP contribution < -0.4 is 0 Å². The van der Waals surface area contributed by atoms with Crippen molar-refractivity contribution in [2.45, 2.75) is 36.6 Å². The Bertz CT molecular complexity index is 995. The summed E-state index contributed by atoms with van der Waals surface area (Å²) in [6.07, 6.45) is 3.84. The molecule has 1 N–H and O–H groups in total. The van der Waals surface area contributed by atoms with Gasteiger partial charge in [-0.15, -0.1) is 11.8 Å². The van der Waals surface area contributed by atoms with Crippen molar-refractivity contribution in [2.75, 3.05) is 12.3 Å². The fourth-order valence-corrected chi connectivity index (χ4v) is 5.11. The number of H-pyrrole nitrogens is 1. The second-order valence-corrected chi connectivity index (χ2v) is 8.30. The van der Waals surface area contributed by atoms with Gasteiger partial charge in [-0.2, -0.15) is 4.98 Å². The lowest BCUT2D eigenvalue weighted by molar-refractivity contribution is 0.0611. The summed E-state index contributed by atoms with van der Waals surface area (Å²) in [4.78, 5) is 24.0. The number of hydrogen-bond donors (Lipinski definition) is 1. The minimum Gasteiger partial charge on any atom is -0.357 e. The number of benzene rings is 1. The van der Waals surface area contributed by atoms with E-state index in [1.807, 2.05) is 48.4 Å². The molecule has 2 aliphatic heterocycles. The number of carbonyl (C=O) groups is 1. The average Bonchev–Trinajstić information content (AvgIpc) is 3.32. The highest BCUT2D eigenvalue weighted by Gasteiger charge is 2.37. The Hall–Kier alpha value is -2.54. The summed E-state index contributed by atoms with van der Waals surface area (Å²) >= 11 is 1.78. The standard InChI is InChI=1S/C20H20N4O2S/c1-12-8-16(21-9-12)19-22-18(23-26-19)13-6-7-14-11-27-17-5-3-2-4-15(17)20(25)24(14)10-13/h2-5,8-9,13-14,21H,6-7,10-11H2,1H3/t13-,14-/m0/s1. The topological polar surface area (TPSA) is 75.0 Å². The third-order valence-electron chi connectivity index (χ3n) is 5.38. The molecule has 0 saturated carbocycles. The number of fused-ring (bicyclic) bond motifs is 2. The van der Waals surface area contributed by atoms with Crippen molar-refractivity contribution in [2.24, 2.45) is 0 Å². The number of nitrogens with zero attached hydrogens (tertiary/aromatic N) is 3. The highest BCUT2D eigenvalue weighted by Crippen LogP contribution is 2.37. The molecule has 1 fully saturated rings. The Morgan fingerprint density at radius 1 is 1.30 bits per heavy atom. The quantitative estimate of drug-likeness (QED) is 0.730. The maximum absolute atomic E-state index is 13.1. The molecule has 27 heavy (non-hydrogen) atoms. The first-order valence-corrected chi connectivity index (χ1v) is 10.2. The van der Waals surface area contributed by atoms with Gasteiger partial charge in [0.1, 0.15) is 5.69 Å². The van der Waals surface area contributed by atoms with Crippen LogP contribution in [0.4, 0.5) is 0 Å². The molecule has 1 saturated heterocycles. The van der Waals surface area contributed by atoms with Crippen LogP contribution in [-0.4, -0.2) is 44.3 Å². The van der Waals surface area contributed by atoms with Gasteiger partial charge in [-0.05, 0) is 43.5 Å². The predicted molar refractivity (Wildman–Crippen MR) is 103 cm³/mol. The molecular formula is C20H20N4O2S. The molecular weight excluding hydrogens is 360 g/mol. The molecule has 0 unspecified atom stereocenters. The van der Waals surface area contributed by atoms with Gasteiger partial charge in [0.05, 0.1) is 5.56 Å². The zero-order valence-corrected chi connectivity index (χ0v) is 15.8. The largest absolute Gasteiger partial charge is 0.357 e. The van der Waals surface area contributed by atoms with E-state index in [1.165, 1.54) is 0 Å². The summed E-state index contributed by atoms with van der Waals surface area (Å²) in [5, 5.41) is 4.21. The summed E-state index contributed by atoms with van der Waals surface area (Å²) < 4.78 is 5.46. The fraction of sp³-hybridized carbons (Fsp3) is 0.350. The lowest BCUT2D eigenvalue weighted by Crippen LogP contribution is -2.46. The molecule has 0 radical (unpaired) electrons. The van der Waals surface area contributed by atoms with Gasteiger partial charge in [0, 0.05) is 35.3 Å². The van der Waals surface area contributed by atoms with Gasteiger partial charge in [-0.1, -0.05) is 17.3 Å². The van der Waals surface area contributed by atoms with Crippen molar-refractivity contribution in [3.05, 3.63) is 53.5 Å². The van der Waals surface area contributed by atoms with Gasteiger partial charge >= 0.3 is 0 Å². The average molecular weight is 380 g/mol. The first-order valence-electron chi connectivity index (χ1n) is 9.21. The van der Waals surface area contributed by atoms with Gasteiger partial charge in [0.15, 0.2) is 5.82 Å². The number of aromatic amines is 1. The lowest BCUT2D eigenvalue weighted by atomic mass is 9.92. The maximum atomic E-state index is 13.1. The molecule has 1 aromatic carbocycles. The van der Waals surface area contributed by atoms with E-state index in [0.29, 0.717) is 18.3 Å². The third kappa shape index (κ3) is 2.96. The maximum Gasteiger partial charge on any atom is 0.274 e. The van der Waals surface area contributed by atoms with Gasteiger partial charge < -0.3 is 14.4 Å². The zero-order chi connectivity index (χ0) is 18.4. The molecule has 138 valence electrons. The first-order chi connectivity index (χ1) is 13.2. The van der Waals surface area contributed by atoms with Gasteiger partial charge in [0.25, 0.3) is 11.8 Å². The Kier molecular flexibility index (Phi) is 4.04. The van der Waals surface area contributed by atoms with Crippen molar-refractivity contribution < 1.29 is 9.32 Å². The summed E-state index contributed by atoms with van der Waals surface area (Å²) in [7, 11) is 0. The van der Waals surface area contributed by atoms with E-state index < -0.39 is 0 Å². The second-order valence-electron chi connectivity index (χ2n) is 7.24. The van der Waals surface area contributed by atoms with Crippen molar-refractivity contribution in [3.8, 4) is 11.6 Å². The lowest BCUT2D eigenvalue weighted by Gasteiger charge is -2.37. The number of aryl methyl sites for hydroxylation is 1. The van der Waals surface area contributed by atoms with Crippen LogP contribution in [-0.2, 0) is 0 Å². The van der Waals surface area contributed by atoms with E-state index >= 15 is 0 Å². The molecule has 2 aliphatic rings. The fourth-order valence-electron chi connectivity index (χ4n) is 3.91. The minimum absolute atomic E-state index is 0.106. The van der Waals surface area contributed by atoms with E-state index in [4.69, 9.17) is 4.52 Å². The predicted octanol–water partition coefficient (Wildman–Crippen LogP) is 3.87. The van der Waals surface area contributed by atoms with Crippen molar-refractivity contribution in [1.82, 2.24) is 20.0 Å². The first kappa shape index (κ1) is 16.6. The van der Waals surface area contributed by atoms with Crippen LogP contribution in [0.3, 0.4) is 0 Å². The van der Waals surface area contributed by atoms with E-state index in [1.54, 1.807) is 11.8 Å². The van der Waals surface area contributed by atoms with E-state index in [0.717, 1.165) is 40.3 Å². The summed E-state index contributed by atoms with van der Waals surface area (Å²) in [6.45, 7) is 2.65. The van der Waals surface area contributed by atoms with Crippen LogP contribution in [0.5, 0.6) is 0 Å². The zero-order valence-electron chi connectivity index (χ0n) is 15.0. The normalized spacial score (nSPS) is 22.3. The van der Waals surface area contributed by atoms with Crippen LogP contribution in [0.2, 0.25) is 0 Å². The summed E-state index contributed by atoms with van der Waals surface area (Å²) in [5.41, 5.74) is 2.76. The number of nitrogens with one attached hydrogen (secondary N) is 1. The van der Waals surface area contributed by atoms with Crippen LogP contribution >= 0.6 is 11.8 Å². The van der Waals surface area contributed by atoms with Crippen molar-refractivity contribution in [1.29, 1.82) is 0 Å². The van der Waals surface area contributed by atoms with Gasteiger partial charge in [-0.25, -0.2) is 0 Å². The smallest absolute Gasteiger partial charge is 0.274 e. The molecule has 4 heterocycles. The third-order valence-corrected chi connectivity index (χ3v) is 6.60. The van der Waals surface area contributed by atoms with Gasteiger partial charge in [-0.3, -0.25) is 4.79 Å². The van der Waals surface area contributed by atoms with Gasteiger partial charge in [0.2, 0.25) is 0 Å².